The van der Waals surface area contributed by atoms with Gasteiger partial charge in [-0.3, -0.25) is 9.78 Å². The van der Waals surface area contributed by atoms with E-state index in [4.69, 9.17) is 16.3 Å². The molecule has 1 N–H and O–H groups in total. The summed E-state index contributed by atoms with van der Waals surface area (Å²) in [4.78, 5) is 28.4. The van der Waals surface area contributed by atoms with E-state index in [9.17, 15) is 14.0 Å². The summed E-state index contributed by atoms with van der Waals surface area (Å²) in [5, 5.41) is 3.38. The predicted molar refractivity (Wildman–Crippen MR) is 114 cm³/mol. The normalized spacial score (nSPS) is 11.5. The van der Waals surface area contributed by atoms with Gasteiger partial charge in [0.25, 0.3) is 5.91 Å². The second kappa shape index (κ2) is 10.0. The SMILES string of the molecule is COC(=O)c1ccc([C@H](C)NC(=O)c2cc(F)cnc2COc2ccc(Cl)cc2)cc1. The van der Waals surface area contributed by atoms with Crippen LogP contribution in [-0.4, -0.2) is 24.0 Å². The molecule has 0 bridgehead atoms. The minimum atomic E-state index is -0.629. The Labute approximate surface area is 184 Å². The summed E-state index contributed by atoms with van der Waals surface area (Å²) in [6.07, 6.45) is 1.03. The first-order valence-corrected chi connectivity index (χ1v) is 9.77. The number of nitrogens with zero attached hydrogens (tertiary/aromatic N) is 1. The van der Waals surface area contributed by atoms with Gasteiger partial charge in [-0.1, -0.05) is 23.7 Å². The molecule has 0 radical (unpaired) electrons. The molecule has 160 valence electrons. The summed E-state index contributed by atoms with van der Waals surface area (Å²) in [6, 6.07) is 14.1. The van der Waals surface area contributed by atoms with Crippen LogP contribution in [0.25, 0.3) is 0 Å². The van der Waals surface area contributed by atoms with Gasteiger partial charge in [-0.15, -0.1) is 0 Å². The van der Waals surface area contributed by atoms with Crippen molar-refractivity contribution in [1.82, 2.24) is 10.3 Å². The highest BCUT2D eigenvalue weighted by molar-refractivity contribution is 6.30. The molecule has 2 aromatic carbocycles. The predicted octanol–water partition coefficient (Wildman–Crippen LogP) is 4.73. The molecule has 0 fully saturated rings. The second-order valence-corrected chi connectivity index (χ2v) is 7.14. The van der Waals surface area contributed by atoms with Gasteiger partial charge in [0, 0.05) is 5.02 Å². The summed E-state index contributed by atoms with van der Waals surface area (Å²) in [6.45, 7) is 1.76. The fraction of sp³-hybridized carbons (Fsp3) is 0.174. The number of methoxy groups -OCH3 is 1. The van der Waals surface area contributed by atoms with Crippen LogP contribution in [-0.2, 0) is 11.3 Å². The molecule has 3 aromatic rings. The van der Waals surface area contributed by atoms with Crippen LogP contribution in [0.3, 0.4) is 0 Å². The van der Waals surface area contributed by atoms with Crippen LogP contribution in [0, 0.1) is 5.82 Å². The third kappa shape index (κ3) is 5.79. The topological polar surface area (TPSA) is 77.5 Å². The van der Waals surface area contributed by atoms with Gasteiger partial charge >= 0.3 is 5.97 Å². The van der Waals surface area contributed by atoms with Gasteiger partial charge in [0.05, 0.1) is 36.2 Å². The maximum Gasteiger partial charge on any atom is 0.337 e. The van der Waals surface area contributed by atoms with Crippen LogP contribution in [0.5, 0.6) is 5.75 Å². The van der Waals surface area contributed by atoms with E-state index in [1.165, 1.54) is 7.11 Å². The third-order valence-corrected chi connectivity index (χ3v) is 4.80. The van der Waals surface area contributed by atoms with Gasteiger partial charge < -0.3 is 14.8 Å². The Morgan fingerprint density at radius 1 is 1.13 bits per heavy atom. The van der Waals surface area contributed by atoms with Crippen LogP contribution in [0.1, 0.15) is 44.9 Å². The molecule has 1 amide bonds. The Kier molecular flexibility index (Phi) is 7.20. The molecule has 8 heteroatoms. The molecule has 6 nitrogen and oxygen atoms in total. The Bertz CT molecular complexity index is 1070. The molecule has 0 aliphatic carbocycles. The zero-order valence-corrected chi connectivity index (χ0v) is 17.7. The minimum Gasteiger partial charge on any atom is -0.487 e. The van der Waals surface area contributed by atoms with Crippen molar-refractivity contribution in [2.75, 3.05) is 7.11 Å². The maximum atomic E-state index is 13.8. The molecular formula is C23H20ClFN2O4. The monoisotopic (exact) mass is 442 g/mol. The van der Waals surface area contributed by atoms with Crippen molar-refractivity contribution in [3.63, 3.8) is 0 Å². The number of benzene rings is 2. The molecule has 0 spiro atoms. The molecule has 1 atom stereocenters. The third-order valence-electron chi connectivity index (χ3n) is 4.55. The lowest BCUT2D eigenvalue weighted by Crippen LogP contribution is -2.28. The van der Waals surface area contributed by atoms with Gasteiger partial charge in [-0.25, -0.2) is 9.18 Å². The number of hydrogen-bond acceptors (Lipinski definition) is 5. The molecule has 3 rings (SSSR count). The minimum absolute atomic E-state index is 0.0210. The average molecular weight is 443 g/mol. The number of carbonyl (C=O) groups is 2. The van der Waals surface area contributed by atoms with E-state index in [-0.39, 0.29) is 12.2 Å². The number of amides is 1. The van der Waals surface area contributed by atoms with Crippen molar-refractivity contribution in [2.24, 2.45) is 0 Å². The van der Waals surface area contributed by atoms with E-state index in [1.54, 1.807) is 55.5 Å². The van der Waals surface area contributed by atoms with Crippen LogP contribution in [0.2, 0.25) is 5.02 Å². The molecular weight excluding hydrogens is 423 g/mol. The lowest BCUT2D eigenvalue weighted by molar-refractivity contribution is 0.0600. The van der Waals surface area contributed by atoms with E-state index >= 15 is 0 Å². The van der Waals surface area contributed by atoms with E-state index in [0.29, 0.717) is 22.0 Å². The van der Waals surface area contributed by atoms with Crippen molar-refractivity contribution in [2.45, 2.75) is 19.6 Å². The average Bonchev–Trinajstić information content (AvgIpc) is 2.78. The first kappa shape index (κ1) is 22.2. The van der Waals surface area contributed by atoms with Crippen LogP contribution >= 0.6 is 11.6 Å². The summed E-state index contributed by atoms with van der Waals surface area (Å²) >= 11 is 5.86. The van der Waals surface area contributed by atoms with Gasteiger partial charge in [0.1, 0.15) is 18.2 Å². The van der Waals surface area contributed by atoms with Crippen molar-refractivity contribution < 1.29 is 23.5 Å². The summed E-state index contributed by atoms with van der Waals surface area (Å²) in [5.74, 6) is -1.03. The number of hydrogen-bond donors (Lipinski definition) is 1. The molecule has 0 unspecified atom stereocenters. The molecule has 0 saturated heterocycles. The smallest absolute Gasteiger partial charge is 0.337 e. The number of aromatic nitrogens is 1. The largest absolute Gasteiger partial charge is 0.487 e. The number of pyridine rings is 1. The first-order valence-electron chi connectivity index (χ1n) is 9.39. The first-order chi connectivity index (χ1) is 14.9. The fourth-order valence-corrected chi connectivity index (χ4v) is 2.97. The highest BCUT2D eigenvalue weighted by Gasteiger charge is 2.18. The van der Waals surface area contributed by atoms with E-state index in [1.807, 2.05) is 0 Å². The summed E-state index contributed by atoms with van der Waals surface area (Å²) in [5.41, 5.74) is 1.54. The molecule has 1 aromatic heterocycles. The molecule has 1 heterocycles. The van der Waals surface area contributed by atoms with E-state index < -0.39 is 23.7 Å². The number of carbonyl (C=O) groups excluding carboxylic acids is 2. The van der Waals surface area contributed by atoms with Crippen molar-refractivity contribution in [3.05, 3.63) is 94.0 Å². The fourth-order valence-electron chi connectivity index (χ4n) is 2.85. The van der Waals surface area contributed by atoms with Gasteiger partial charge in [0.2, 0.25) is 0 Å². The zero-order chi connectivity index (χ0) is 22.4. The standard InChI is InChI=1S/C23H20ClFN2O4/c1-14(15-3-5-16(6-4-15)23(29)30-2)27-22(28)20-11-18(25)12-26-21(20)13-31-19-9-7-17(24)8-10-19/h3-12,14H,13H2,1-2H3,(H,27,28)/t14-/m0/s1. The van der Waals surface area contributed by atoms with Crippen LogP contribution in [0.4, 0.5) is 4.39 Å². The second-order valence-electron chi connectivity index (χ2n) is 6.70. The number of rotatable bonds is 7. The van der Waals surface area contributed by atoms with Gasteiger partial charge in [-0.2, -0.15) is 0 Å². The van der Waals surface area contributed by atoms with Crippen molar-refractivity contribution in [1.29, 1.82) is 0 Å². The Hall–Kier alpha value is -3.45. The molecule has 0 saturated carbocycles. The number of nitrogens with one attached hydrogen (secondary N) is 1. The number of ether oxygens (including phenoxy) is 2. The Morgan fingerprint density at radius 2 is 1.81 bits per heavy atom. The van der Waals surface area contributed by atoms with E-state index in [2.05, 4.69) is 15.0 Å². The lowest BCUT2D eigenvalue weighted by atomic mass is 10.1. The van der Waals surface area contributed by atoms with Crippen molar-refractivity contribution >= 4 is 23.5 Å². The van der Waals surface area contributed by atoms with Crippen LogP contribution < -0.4 is 10.1 Å². The zero-order valence-electron chi connectivity index (χ0n) is 16.9. The molecule has 0 aliphatic heterocycles. The Morgan fingerprint density at radius 3 is 2.45 bits per heavy atom. The number of esters is 1. The van der Waals surface area contributed by atoms with Gasteiger partial charge in [0.15, 0.2) is 0 Å². The Balaban J connectivity index is 1.72. The highest BCUT2D eigenvalue weighted by atomic mass is 35.5. The van der Waals surface area contributed by atoms with Gasteiger partial charge in [-0.05, 0) is 55.0 Å². The lowest BCUT2D eigenvalue weighted by Gasteiger charge is -2.16. The van der Waals surface area contributed by atoms with Crippen LogP contribution in [0.15, 0.2) is 60.8 Å². The maximum absolute atomic E-state index is 13.8. The quantitative estimate of drug-likeness (QED) is 0.535. The van der Waals surface area contributed by atoms with E-state index in [0.717, 1.165) is 17.8 Å². The summed E-state index contributed by atoms with van der Waals surface area (Å²) < 4.78 is 24.1. The summed E-state index contributed by atoms with van der Waals surface area (Å²) in [7, 11) is 1.31. The molecule has 31 heavy (non-hydrogen) atoms. The molecule has 0 aliphatic rings. The highest BCUT2D eigenvalue weighted by Crippen LogP contribution is 2.19. The van der Waals surface area contributed by atoms with Crippen molar-refractivity contribution in [3.8, 4) is 5.75 Å². The number of halogens is 2.